The maximum Gasteiger partial charge on any atom is 0.412 e. The van der Waals surface area contributed by atoms with Gasteiger partial charge in [-0.15, -0.1) is 0 Å². The van der Waals surface area contributed by atoms with Crippen LogP contribution in [0.15, 0.2) is 24.3 Å². The number of carbonyl (C=O) groups is 3. The van der Waals surface area contributed by atoms with E-state index in [4.69, 9.17) is 82.1 Å². The Morgan fingerprint density at radius 3 is 1.78 bits per heavy atom. The molecule has 0 saturated carbocycles. The lowest BCUT2D eigenvalue weighted by Gasteiger charge is -2.24. The van der Waals surface area contributed by atoms with E-state index in [1.807, 2.05) is 6.07 Å². The molecule has 0 aliphatic heterocycles. The van der Waals surface area contributed by atoms with Crippen molar-refractivity contribution in [3.05, 3.63) is 49.9 Å². The van der Waals surface area contributed by atoms with E-state index in [1.54, 1.807) is 46.8 Å². The van der Waals surface area contributed by atoms with E-state index in [1.165, 1.54) is 12.1 Å². The highest BCUT2D eigenvalue weighted by Gasteiger charge is 2.23. The predicted molar refractivity (Wildman–Crippen MR) is 157 cm³/mol. The fraction of sp³-hybridized carbons (Fsp3) is 0.385. The van der Waals surface area contributed by atoms with Gasteiger partial charge in [0.15, 0.2) is 24.7 Å². The third-order valence-corrected chi connectivity index (χ3v) is 5.47. The van der Waals surface area contributed by atoms with E-state index >= 15 is 0 Å². The average molecular weight is 652 g/mol. The Bertz CT molecular complexity index is 1260. The second kappa shape index (κ2) is 15.6. The van der Waals surface area contributed by atoms with Crippen molar-refractivity contribution in [3.63, 3.8) is 0 Å². The van der Waals surface area contributed by atoms with Crippen LogP contribution in [-0.4, -0.2) is 42.5 Å². The van der Waals surface area contributed by atoms with E-state index in [-0.39, 0.29) is 44.8 Å². The molecule has 15 heteroatoms. The molecule has 0 aliphatic carbocycles. The Morgan fingerprint density at radius 2 is 1.34 bits per heavy atom. The minimum absolute atomic E-state index is 0.117. The van der Waals surface area contributed by atoms with Crippen LogP contribution in [0.1, 0.15) is 40.2 Å². The Hall–Kier alpha value is -3.30. The van der Waals surface area contributed by atoms with Crippen molar-refractivity contribution in [1.82, 2.24) is 0 Å². The van der Waals surface area contributed by atoms with Crippen LogP contribution in [0, 0.1) is 11.3 Å². The Morgan fingerprint density at radius 1 is 0.854 bits per heavy atom. The van der Waals surface area contributed by atoms with E-state index in [2.05, 4.69) is 5.32 Å². The Labute approximate surface area is 257 Å². The van der Waals surface area contributed by atoms with Crippen LogP contribution in [0.4, 0.5) is 15.3 Å². The van der Waals surface area contributed by atoms with Crippen molar-refractivity contribution >= 4 is 70.2 Å². The molecule has 0 radical (unpaired) electrons. The van der Waals surface area contributed by atoms with Gasteiger partial charge < -0.3 is 30.4 Å². The van der Waals surface area contributed by atoms with Gasteiger partial charge in [-0.25, -0.2) is 9.59 Å². The van der Waals surface area contributed by atoms with Crippen molar-refractivity contribution in [3.8, 4) is 17.6 Å². The van der Waals surface area contributed by atoms with Crippen LogP contribution in [-0.2, 0) is 20.7 Å². The summed E-state index contributed by atoms with van der Waals surface area (Å²) in [5, 5.41) is 11.8. The maximum atomic E-state index is 11.6. The first-order chi connectivity index (χ1) is 18.8. The number of hydrogen-bond donors (Lipinski definition) is 3. The molecular weight excluding hydrogens is 622 g/mol. The molecule has 0 atom stereocenters. The number of ether oxygens (including phenoxy) is 4. The Kier molecular flexibility index (Phi) is 13.6. The third-order valence-electron chi connectivity index (χ3n) is 4.35. The number of nitriles is 1. The number of carbonyl (C=O) groups excluding carboxylic acids is 3. The van der Waals surface area contributed by atoms with Crippen LogP contribution in [0.5, 0.6) is 11.5 Å². The first-order valence-electron chi connectivity index (χ1n) is 11.7. The zero-order valence-electron chi connectivity index (χ0n) is 22.9. The van der Waals surface area contributed by atoms with Gasteiger partial charge in [0, 0.05) is 12.1 Å². The van der Waals surface area contributed by atoms with Crippen molar-refractivity contribution < 1.29 is 33.3 Å². The quantitative estimate of drug-likeness (QED) is 0.274. The first-order valence-corrected chi connectivity index (χ1v) is 13.2. The van der Waals surface area contributed by atoms with Gasteiger partial charge in [0.2, 0.25) is 0 Å². The lowest BCUT2D eigenvalue weighted by molar-refractivity contribution is -0.119. The summed E-state index contributed by atoms with van der Waals surface area (Å²) in [6.45, 7) is 8.18. The fourth-order valence-corrected chi connectivity index (χ4v) is 4.33. The van der Waals surface area contributed by atoms with Crippen LogP contribution in [0.25, 0.3) is 0 Å². The summed E-state index contributed by atoms with van der Waals surface area (Å²) in [5.41, 5.74) is 9.67. The molecule has 5 N–H and O–H groups in total. The second-order valence-corrected chi connectivity index (χ2v) is 11.5. The van der Waals surface area contributed by atoms with E-state index in [0.29, 0.717) is 12.1 Å². The highest BCUT2D eigenvalue weighted by Crippen LogP contribution is 2.37. The fourth-order valence-electron chi connectivity index (χ4n) is 3.09. The monoisotopic (exact) mass is 650 g/mol. The topological polar surface area (TPSA) is 176 Å². The highest BCUT2D eigenvalue weighted by molar-refractivity contribution is 6.38. The largest absolute Gasteiger partial charge is 0.481 e. The molecule has 0 saturated heterocycles. The van der Waals surface area contributed by atoms with Crippen LogP contribution in [0.2, 0.25) is 20.1 Å². The third kappa shape index (κ3) is 13.7. The molecular formula is C26H30Cl4N4O7. The smallest absolute Gasteiger partial charge is 0.412 e. The summed E-state index contributed by atoms with van der Waals surface area (Å²) < 4.78 is 20.3. The normalized spacial score (nSPS) is 10.8. The van der Waals surface area contributed by atoms with E-state index in [9.17, 15) is 14.4 Å². The minimum atomic E-state index is -0.846. The summed E-state index contributed by atoms with van der Waals surface area (Å²) in [6, 6.07) is 7.97. The SMILES string of the molecule is CC(C)(C)OC(=O)Nc1cc(Cl)c(OCC(N)=O)c(Cl)c1.CC(C)(Cc1cc(Cl)c(OCC#N)c(Cl)c1)OC(N)=O. The van der Waals surface area contributed by atoms with Gasteiger partial charge in [-0.1, -0.05) is 46.4 Å². The van der Waals surface area contributed by atoms with Crippen LogP contribution >= 0.6 is 46.4 Å². The molecule has 0 bridgehead atoms. The summed E-state index contributed by atoms with van der Waals surface area (Å²) in [6.07, 6.45) is -1.10. The summed E-state index contributed by atoms with van der Waals surface area (Å²) in [7, 11) is 0. The first kappa shape index (κ1) is 35.7. The second-order valence-electron chi connectivity index (χ2n) is 9.84. The van der Waals surface area contributed by atoms with E-state index < -0.39 is 29.3 Å². The molecule has 41 heavy (non-hydrogen) atoms. The molecule has 0 fully saturated rings. The summed E-state index contributed by atoms with van der Waals surface area (Å²) >= 11 is 24.1. The highest BCUT2D eigenvalue weighted by atomic mass is 35.5. The minimum Gasteiger partial charge on any atom is -0.481 e. The van der Waals surface area contributed by atoms with Gasteiger partial charge in [-0.3, -0.25) is 10.1 Å². The molecule has 2 aromatic rings. The molecule has 3 amide bonds. The van der Waals surface area contributed by atoms with Crippen molar-refractivity contribution in [2.24, 2.45) is 11.5 Å². The molecule has 11 nitrogen and oxygen atoms in total. The summed E-state index contributed by atoms with van der Waals surface area (Å²) in [4.78, 5) is 33.1. The number of nitrogens with zero attached hydrogens (tertiary/aromatic N) is 1. The number of nitrogens with one attached hydrogen (secondary N) is 1. The molecule has 0 aliphatic rings. The molecule has 0 aromatic heterocycles. The number of halogens is 4. The molecule has 0 heterocycles. The molecule has 0 spiro atoms. The van der Waals surface area contributed by atoms with Crippen LogP contribution in [0.3, 0.4) is 0 Å². The number of nitrogens with two attached hydrogens (primary N) is 2. The zero-order valence-corrected chi connectivity index (χ0v) is 25.9. The lowest BCUT2D eigenvalue weighted by Crippen LogP contribution is -2.33. The van der Waals surface area contributed by atoms with Gasteiger partial charge in [0.25, 0.3) is 5.91 Å². The van der Waals surface area contributed by atoms with Gasteiger partial charge in [0.05, 0.1) is 20.1 Å². The van der Waals surface area contributed by atoms with Crippen molar-refractivity contribution in [2.45, 2.75) is 52.2 Å². The van der Waals surface area contributed by atoms with Gasteiger partial charge in [-0.05, 0) is 64.4 Å². The van der Waals surface area contributed by atoms with Crippen molar-refractivity contribution in [1.29, 1.82) is 5.26 Å². The molecule has 224 valence electrons. The average Bonchev–Trinajstić information content (AvgIpc) is 2.75. The predicted octanol–water partition coefficient (Wildman–Crippen LogP) is 6.52. The van der Waals surface area contributed by atoms with Gasteiger partial charge in [-0.2, -0.15) is 5.26 Å². The number of anilines is 1. The van der Waals surface area contributed by atoms with E-state index in [0.717, 1.165) is 5.56 Å². The summed E-state index contributed by atoms with van der Waals surface area (Å²) in [5.74, 6) is -0.280. The molecule has 2 aromatic carbocycles. The number of amides is 3. The maximum absolute atomic E-state index is 11.6. The Balaban J connectivity index is 0.000000410. The van der Waals surface area contributed by atoms with Gasteiger partial charge >= 0.3 is 12.2 Å². The zero-order chi connectivity index (χ0) is 31.5. The van der Waals surface area contributed by atoms with Crippen LogP contribution < -0.4 is 26.3 Å². The number of rotatable bonds is 9. The van der Waals surface area contributed by atoms with Gasteiger partial charge in [0.1, 0.15) is 17.3 Å². The lowest BCUT2D eigenvalue weighted by atomic mass is 9.98. The number of hydrogen-bond acceptors (Lipinski definition) is 8. The number of primary amides is 2. The molecule has 2 rings (SSSR count). The number of benzene rings is 2. The standard InChI is InChI=1S/C13H16Cl2N2O4.C13H14Cl2N2O3/c1-13(2,3)21-12(19)17-7-4-8(14)11(9(15)5-7)20-6-10(16)18;1-13(2,20-12(17)18)7-8-5-9(14)11(10(15)6-8)19-4-3-16/h4-5H,6H2,1-3H3,(H2,16,18)(H,17,19);5-6H,4,7H2,1-2H3,(H2,17,18). The molecule has 0 unspecified atom stereocenters. The van der Waals surface area contributed by atoms with Crippen molar-refractivity contribution in [2.75, 3.05) is 18.5 Å².